The molecular weight excluding hydrogens is 262 g/mol. The van der Waals surface area contributed by atoms with Crippen LogP contribution in [0.2, 0.25) is 0 Å². The molecule has 0 aliphatic carbocycles. The first-order valence-electron chi connectivity index (χ1n) is 6.05. The molecule has 0 atom stereocenters. The Morgan fingerprint density at radius 2 is 2.26 bits per heavy atom. The lowest BCUT2D eigenvalue weighted by atomic mass is 10.2. The van der Waals surface area contributed by atoms with Crippen molar-refractivity contribution in [2.24, 2.45) is 0 Å². The quantitative estimate of drug-likeness (QED) is 0.728. The van der Waals surface area contributed by atoms with Gasteiger partial charge in [-0.25, -0.2) is 4.98 Å². The number of benzene rings is 1. The molecule has 0 saturated carbocycles. The van der Waals surface area contributed by atoms with E-state index in [1.165, 1.54) is 11.3 Å². The molecule has 0 unspecified atom stereocenters. The largest absolute Gasteiger partial charge is 0.493 e. The van der Waals surface area contributed by atoms with Crippen molar-refractivity contribution in [1.82, 2.24) is 4.98 Å². The van der Waals surface area contributed by atoms with Gasteiger partial charge in [0.25, 0.3) is 0 Å². The van der Waals surface area contributed by atoms with E-state index in [0.717, 1.165) is 18.4 Å². The lowest BCUT2D eigenvalue weighted by molar-refractivity contribution is 0.111. The van der Waals surface area contributed by atoms with E-state index >= 15 is 0 Å². The van der Waals surface area contributed by atoms with Gasteiger partial charge < -0.3 is 9.47 Å². The molecule has 0 spiro atoms. The molecule has 1 heterocycles. The zero-order valence-corrected chi connectivity index (χ0v) is 11.5. The zero-order chi connectivity index (χ0) is 13.5. The Morgan fingerprint density at radius 3 is 2.95 bits per heavy atom. The van der Waals surface area contributed by atoms with Crippen molar-refractivity contribution < 1.29 is 14.3 Å². The van der Waals surface area contributed by atoms with Crippen LogP contribution in [-0.2, 0) is 6.61 Å². The van der Waals surface area contributed by atoms with Gasteiger partial charge in [-0.05, 0) is 18.6 Å². The van der Waals surface area contributed by atoms with Crippen molar-refractivity contribution in [3.05, 3.63) is 40.3 Å². The fourth-order valence-corrected chi connectivity index (χ4v) is 2.05. The monoisotopic (exact) mass is 277 g/mol. The number of hydrogen-bond acceptors (Lipinski definition) is 5. The van der Waals surface area contributed by atoms with Crippen LogP contribution in [0.3, 0.4) is 0 Å². The van der Waals surface area contributed by atoms with Crippen LogP contribution >= 0.6 is 11.3 Å². The Hall–Kier alpha value is -1.88. The Kier molecular flexibility index (Phi) is 4.92. The first-order chi connectivity index (χ1) is 9.33. The van der Waals surface area contributed by atoms with Gasteiger partial charge in [0.2, 0.25) is 0 Å². The van der Waals surface area contributed by atoms with Gasteiger partial charge in [-0.15, -0.1) is 11.3 Å². The molecule has 0 amide bonds. The van der Waals surface area contributed by atoms with Crippen LogP contribution in [0.4, 0.5) is 0 Å². The van der Waals surface area contributed by atoms with Crippen molar-refractivity contribution in [3.8, 4) is 11.5 Å². The SMILES string of the molecule is CCCOc1ccc(C=O)c(OCc2cscn2)c1. The molecule has 2 rings (SSSR count). The maximum atomic E-state index is 11.0. The number of thiazole rings is 1. The van der Waals surface area contributed by atoms with E-state index in [0.29, 0.717) is 30.3 Å². The molecule has 0 radical (unpaired) electrons. The van der Waals surface area contributed by atoms with E-state index in [4.69, 9.17) is 9.47 Å². The number of ether oxygens (including phenoxy) is 2. The highest BCUT2D eigenvalue weighted by molar-refractivity contribution is 7.07. The van der Waals surface area contributed by atoms with Gasteiger partial charge in [-0.1, -0.05) is 6.92 Å². The fraction of sp³-hybridized carbons (Fsp3) is 0.286. The molecule has 0 saturated heterocycles. The number of aromatic nitrogens is 1. The highest BCUT2D eigenvalue weighted by Crippen LogP contribution is 2.24. The topological polar surface area (TPSA) is 48.4 Å². The van der Waals surface area contributed by atoms with E-state index < -0.39 is 0 Å². The highest BCUT2D eigenvalue weighted by Gasteiger charge is 2.06. The van der Waals surface area contributed by atoms with E-state index in [-0.39, 0.29) is 0 Å². The van der Waals surface area contributed by atoms with Crippen LogP contribution in [0.5, 0.6) is 11.5 Å². The molecule has 5 heteroatoms. The van der Waals surface area contributed by atoms with Gasteiger partial charge in [0, 0.05) is 11.4 Å². The van der Waals surface area contributed by atoms with Crippen molar-refractivity contribution >= 4 is 17.6 Å². The first-order valence-corrected chi connectivity index (χ1v) is 6.99. The normalized spacial score (nSPS) is 10.2. The van der Waals surface area contributed by atoms with Gasteiger partial charge in [-0.3, -0.25) is 4.79 Å². The van der Waals surface area contributed by atoms with Crippen LogP contribution < -0.4 is 9.47 Å². The van der Waals surface area contributed by atoms with Crippen molar-refractivity contribution in [2.75, 3.05) is 6.61 Å². The minimum Gasteiger partial charge on any atom is -0.493 e. The molecule has 1 aromatic heterocycles. The summed E-state index contributed by atoms with van der Waals surface area (Å²) >= 11 is 1.51. The molecular formula is C14H15NO3S. The summed E-state index contributed by atoms with van der Waals surface area (Å²) in [4.78, 5) is 15.1. The average molecular weight is 277 g/mol. The predicted molar refractivity (Wildman–Crippen MR) is 74.1 cm³/mol. The molecule has 0 aliphatic rings. The molecule has 0 fully saturated rings. The van der Waals surface area contributed by atoms with Crippen molar-refractivity contribution in [1.29, 1.82) is 0 Å². The standard InChI is InChI=1S/C14H15NO3S/c1-2-5-17-13-4-3-11(7-16)14(6-13)18-8-12-9-19-10-15-12/h3-4,6-7,9-10H,2,5,8H2,1H3. The molecule has 4 nitrogen and oxygen atoms in total. The van der Waals surface area contributed by atoms with E-state index in [1.807, 2.05) is 12.3 Å². The second kappa shape index (κ2) is 6.89. The Balaban J connectivity index is 2.09. The maximum absolute atomic E-state index is 11.0. The summed E-state index contributed by atoms with van der Waals surface area (Å²) in [5.74, 6) is 1.23. The van der Waals surface area contributed by atoms with Gasteiger partial charge in [0.1, 0.15) is 18.1 Å². The molecule has 0 bridgehead atoms. The molecule has 1 aromatic carbocycles. The molecule has 100 valence electrons. The van der Waals surface area contributed by atoms with Crippen molar-refractivity contribution in [2.45, 2.75) is 20.0 Å². The summed E-state index contributed by atoms with van der Waals surface area (Å²) in [7, 11) is 0. The number of carbonyl (C=O) groups is 1. The van der Waals surface area contributed by atoms with Crippen LogP contribution in [0.1, 0.15) is 29.4 Å². The minimum absolute atomic E-state index is 0.349. The minimum atomic E-state index is 0.349. The average Bonchev–Trinajstić information content (AvgIpc) is 2.96. The Bertz CT molecular complexity index is 525. The van der Waals surface area contributed by atoms with Crippen molar-refractivity contribution in [3.63, 3.8) is 0 Å². The second-order valence-corrected chi connectivity index (χ2v) is 4.65. The number of carbonyl (C=O) groups excluding carboxylic acids is 1. The predicted octanol–water partition coefficient (Wildman–Crippen LogP) is 3.32. The summed E-state index contributed by atoms with van der Waals surface area (Å²) in [5.41, 5.74) is 3.11. The lowest BCUT2D eigenvalue weighted by Crippen LogP contribution is -2.00. The summed E-state index contributed by atoms with van der Waals surface area (Å²) in [5, 5.41) is 1.91. The number of rotatable bonds is 7. The second-order valence-electron chi connectivity index (χ2n) is 3.93. The molecule has 0 aliphatic heterocycles. The molecule has 19 heavy (non-hydrogen) atoms. The zero-order valence-electron chi connectivity index (χ0n) is 10.7. The van der Waals surface area contributed by atoms with Gasteiger partial charge in [-0.2, -0.15) is 0 Å². The van der Waals surface area contributed by atoms with E-state index in [1.54, 1.807) is 23.7 Å². The lowest BCUT2D eigenvalue weighted by Gasteiger charge is -2.10. The van der Waals surface area contributed by atoms with E-state index in [9.17, 15) is 4.79 Å². The van der Waals surface area contributed by atoms with Gasteiger partial charge in [0.05, 0.1) is 23.4 Å². The molecule has 0 N–H and O–H groups in total. The van der Waals surface area contributed by atoms with Crippen LogP contribution in [-0.4, -0.2) is 17.9 Å². The maximum Gasteiger partial charge on any atom is 0.153 e. The summed E-state index contributed by atoms with van der Waals surface area (Å²) in [6.07, 6.45) is 1.71. The van der Waals surface area contributed by atoms with Crippen LogP contribution in [0, 0.1) is 0 Å². The fourth-order valence-electron chi connectivity index (χ4n) is 1.51. The Labute approximate surface area is 116 Å². The number of nitrogens with zero attached hydrogens (tertiary/aromatic N) is 1. The molecule has 2 aromatic rings. The third kappa shape index (κ3) is 3.79. The first kappa shape index (κ1) is 13.5. The third-order valence-corrected chi connectivity index (χ3v) is 3.08. The van der Waals surface area contributed by atoms with Crippen LogP contribution in [0.15, 0.2) is 29.1 Å². The number of aldehydes is 1. The van der Waals surface area contributed by atoms with Gasteiger partial charge in [0.15, 0.2) is 6.29 Å². The van der Waals surface area contributed by atoms with E-state index in [2.05, 4.69) is 4.98 Å². The summed E-state index contributed by atoms with van der Waals surface area (Å²) in [6.45, 7) is 3.03. The third-order valence-electron chi connectivity index (χ3n) is 2.44. The smallest absolute Gasteiger partial charge is 0.153 e. The van der Waals surface area contributed by atoms with Gasteiger partial charge >= 0.3 is 0 Å². The highest BCUT2D eigenvalue weighted by atomic mass is 32.1. The Morgan fingerprint density at radius 1 is 1.37 bits per heavy atom. The summed E-state index contributed by atoms with van der Waals surface area (Å²) < 4.78 is 11.1. The number of hydrogen-bond donors (Lipinski definition) is 0. The van der Waals surface area contributed by atoms with Crippen LogP contribution in [0.25, 0.3) is 0 Å². The summed E-state index contributed by atoms with van der Waals surface area (Å²) in [6, 6.07) is 5.22.